The predicted octanol–water partition coefficient (Wildman–Crippen LogP) is 1.15. The molecule has 0 aliphatic carbocycles. The summed E-state index contributed by atoms with van der Waals surface area (Å²) in [5.41, 5.74) is 0. The first-order valence-corrected chi connectivity index (χ1v) is 5.76. The molecule has 1 unspecified atom stereocenters. The first kappa shape index (κ1) is 11.5. The molecule has 0 aromatic heterocycles. The van der Waals surface area contributed by atoms with Crippen LogP contribution in [0, 0.1) is 11.8 Å². The quantitative estimate of drug-likeness (QED) is 0.696. The maximum atomic E-state index is 11.6. The highest BCUT2D eigenvalue weighted by atomic mass is 16.1. The van der Waals surface area contributed by atoms with E-state index in [-0.39, 0.29) is 11.8 Å². The van der Waals surface area contributed by atoms with Crippen molar-refractivity contribution in [1.82, 2.24) is 10.6 Å². The number of hydrogen-bond acceptors (Lipinski definition) is 2. The zero-order valence-corrected chi connectivity index (χ0v) is 9.31. The van der Waals surface area contributed by atoms with Gasteiger partial charge in [-0.05, 0) is 38.3 Å². The average Bonchev–Trinajstić information content (AvgIpc) is 2.69. The molecule has 0 aromatic carbocycles. The summed E-state index contributed by atoms with van der Waals surface area (Å²) in [7, 11) is 0. The van der Waals surface area contributed by atoms with E-state index in [4.69, 9.17) is 0 Å². The van der Waals surface area contributed by atoms with Crippen molar-refractivity contribution >= 4 is 5.91 Å². The fourth-order valence-electron chi connectivity index (χ4n) is 1.94. The molecule has 1 amide bonds. The van der Waals surface area contributed by atoms with Crippen LogP contribution in [0.5, 0.6) is 0 Å². The molecule has 0 spiro atoms. The Labute approximate surface area is 86.6 Å². The van der Waals surface area contributed by atoms with E-state index in [0.29, 0.717) is 5.92 Å². The summed E-state index contributed by atoms with van der Waals surface area (Å²) in [6.45, 7) is 7.16. The Hall–Kier alpha value is -0.570. The van der Waals surface area contributed by atoms with Crippen molar-refractivity contribution in [3.8, 4) is 0 Å². The van der Waals surface area contributed by atoms with E-state index < -0.39 is 0 Å². The monoisotopic (exact) mass is 198 g/mol. The summed E-state index contributed by atoms with van der Waals surface area (Å²) in [4.78, 5) is 11.6. The van der Waals surface area contributed by atoms with Gasteiger partial charge < -0.3 is 10.6 Å². The van der Waals surface area contributed by atoms with Gasteiger partial charge in [-0.1, -0.05) is 13.8 Å². The lowest BCUT2D eigenvalue weighted by Crippen LogP contribution is -2.34. The highest BCUT2D eigenvalue weighted by Gasteiger charge is 2.18. The van der Waals surface area contributed by atoms with Crippen LogP contribution in [0.25, 0.3) is 0 Å². The Kier molecular flexibility index (Phi) is 4.94. The van der Waals surface area contributed by atoms with Gasteiger partial charge in [0.15, 0.2) is 0 Å². The number of rotatable bonds is 5. The van der Waals surface area contributed by atoms with Crippen LogP contribution < -0.4 is 10.6 Å². The number of carbonyl (C=O) groups excluding carboxylic acids is 1. The fourth-order valence-corrected chi connectivity index (χ4v) is 1.94. The molecule has 1 saturated heterocycles. The molecule has 0 aromatic rings. The summed E-state index contributed by atoms with van der Waals surface area (Å²) in [5, 5.41) is 6.35. The Bertz CT molecular complexity index is 172. The van der Waals surface area contributed by atoms with Gasteiger partial charge in [0.1, 0.15) is 0 Å². The van der Waals surface area contributed by atoms with Gasteiger partial charge >= 0.3 is 0 Å². The topological polar surface area (TPSA) is 41.1 Å². The minimum absolute atomic E-state index is 0.212. The largest absolute Gasteiger partial charge is 0.356 e. The van der Waals surface area contributed by atoms with Crippen LogP contribution in [0.3, 0.4) is 0 Å². The third kappa shape index (κ3) is 3.29. The second-order valence-corrected chi connectivity index (χ2v) is 4.12. The molecule has 14 heavy (non-hydrogen) atoms. The predicted molar refractivity (Wildman–Crippen MR) is 58.1 cm³/mol. The van der Waals surface area contributed by atoms with Crippen molar-refractivity contribution < 1.29 is 4.79 Å². The molecule has 0 saturated carbocycles. The van der Waals surface area contributed by atoms with E-state index in [2.05, 4.69) is 24.5 Å². The smallest absolute Gasteiger partial charge is 0.223 e. The molecule has 1 fully saturated rings. The molecule has 1 aliphatic heterocycles. The summed E-state index contributed by atoms with van der Waals surface area (Å²) in [6, 6.07) is 0. The zero-order chi connectivity index (χ0) is 10.4. The number of hydrogen-bond donors (Lipinski definition) is 2. The zero-order valence-electron chi connectivity index (χ0n) is 9.31. The number of nitrogens with one attached hydrogen (secondary N) is 2. The van der Waals surface area contributed by atoms with Gasteiger partial charge in [-0.3, -0.25) is 4.79 Å². The minimum Gasteiger partial charge on any atom is -0.356 e. The Morgan fingerprint density at radius 3 is 2.71 bits per heavy atom. The number of carbonyl (C=O) groups is 1. The molecule has 82 valence electrons. The molecule has 1 rings (SSSR count). The van der Waals surface area contributed by atoms with Gasteiger partial charge in [-0.25, -0.2) is 0 Å². The minimum atomic E-state index is 0.212. The van der Waals surface area contributed by atoms with Gasteiger partial charge in [0.2, 0.25) is 5.91 Å². The third-order valence-corrected chi connectivity index (χ3v) is 3.08. The van der Waals surface area contributed by atoms with Crippen LogP contribution in [0.1, 0.15) is 33.1 Å². The van der Waals surface area contributed by atoms with E-state index in [1.54, 1.807) is 0 Å². The highest BCUT2D eigenvalue weighted by molar-refractivity contribution is 5.78. The van der Waals surface area contributed by atoms with Crippen molar-refractivity contribution in [2.45, 2.75) is 33.1 Å². The van der Waals surface area contributed by atoms with Crippen LogP contribution in [0.2, 0.25) is 0 Å². The first-order chi connectivity index (χ1) is 6.77. The average molecular weight is 198 g/mol. The second kappa shape index (κ2) is 6.02. The van der Waals surface area contributed by atoms with Crippen LogP contribution >= 0.6 is 0 Å². The summed E-state index contributed by atoms with van der Waals surface area (Å²) >= 11 is 0. The van der Waals surface area contributed by atoms with Gasteiger partial charge in [0.25, 0.3) is 0 Å². The standard InChI is InChI=1S/C11H22N2O/c1-3-10(4-2)11(14)13-8-9-5-6-12-7-9/h9-10,12H,3-8H2,1-2H3,(H,13,14). The van der Waals surface area contributed by atoms with Crippen molar-refractivity contribution in [2.24, 2.45) is 11.8 Å². The van der Waals surface area contributed by atoms with Gasteiger partial charge in [-0.15, -0.1) is 0 Å². The van der Waals surface area contributed by atoms with Crippen molar-refractivity contribution in [2.75, 3.05) is 19.6 Å². The normalized spacial score (nSPS) is 21.5. The lowest BCUT2D eigenvalue weighted by atomic mass is 10.0. The molecule has 0 bridgehead atoms. The van der Waals surface area contributed by atoms with Crippen molar-refractivity contribution in [3.05, 3.63) is 0 Å². The van der Waals surface area contributed by atoms with Gasteiger partial charge in [0, 0.05) is 12.5 Å². The Morgan fingerprint density at radius 2 is 2.21 bits per heavy atom. The van der Waals surface area contributed by atoms with E-state index in [9.17, 15) is 4.79 Å². The molecule has 1 heterocycles. The lowest BCUT2D eigenvalue weighted by Gasteiger charge is -2.15. The number of amides is 1. The van der Waals surface area contributed by atoms with Crippen LogP contribution in [0.4, 0.5) is 0 Å². The van der Waals surface area contributed by atoms with Gasteiger partial charge in [0.05, 0.1) is 0 Å². The van der Waals surface area contributed by atoms with Crippen LogP contribution in [0.15, 0.2) is 0 Å². The van der Waals surface area contributed by atoms with Gasteiger partial charge in [-0.2, -0.15) is 0 Å². The molecule has 1 atom stereocenters. The van der Waals surface area contributed by atoms with Crippen LogP contribution in [-0.4, -0.2) is 25.5 Å². The maximum absolute atomic E-state index is 11.6. The van der Waals surface area contributed by atoms with Crippen LogP contribution in [-0.2, 0) is 4.79 Å². The molecule has 2 N–H and O–H groups in total. The molecular formula is C11H22N2O. The summed E-state index contributed by atoms with van der Waals surface area (Å²) < 4.78 is 0. The summed E-state index contributed by atoms with van der Waals surface area (Å²) in [6.07, 6.45) is 3.10. The van der Waals surface area contributed by atoms with E-state index in [1.807, 2.05) is 0 Å². The van der Waals surface area contributed by atoms with E-state index in [1.165, 1.54) is 6.42 Å². The maximum Gasteiger partial charge on any atom is 0.223 e. The fraction of sp³-hybridized carbons (Fsp3) is 0.909. The van der Waals surface area contributed by atoms with Crippen molar-refractivity contribution in [1.29, 1.82) is 0 Å². The van der Waals surface area contributed by atoms with E-state index >= 15 is 0 Å². The summed E-state index contributed by atoms with van der Waals surface area (Å²) in [5.74, 6) is 1.10. The van der Waals surface area contributed by atoms with E-state index in [0.717, 1.165) is 32.5 Å². The third-order valence-electron chi connectivity index (χ3n) is 3.08. The molecule has 3 heteroatoms. The Morgan fingerprint density at radius 1 is 1.50 bits per heavy atom. The van der Waals surface area contributed by atoms with Crippen molar-refractivity contribution in [3.63, 3.8) is 0 Å². The first-order valence-electron chi connectivity index (χ1n) is 5.76. The molecule has 3 nitrogen and oxygen atoms in total. The second-order valence-electron chi connectivity index (χ2n) is 4.12. The SMILES string of the molecule is CCC(CC)C(=O)NCC1CCNC1. The lowest BCUT2D eigenvalue weighted by molar-refractivity contribution is -0.125. The Balaban J connectivity index is 2.18. The molecule has 1 aliphatic rings. The molecule has 0 radical (unpaired) electrons. The molecular weight excluding hydrogens is 176 g/mol. The highest BCUT2D eigenvalue weighted by Crippen LogP contribution is 2.09.